The molecule has 0 radical (unpaired) electrons. The first kappa shape index (κ1) is 9.43. The molecule has 0 saturated carbocycles. The second kappa shape index (κ2) is 3.56. The molecule has 0 unspecified atom stereocenters. The van der Waals surface area contributed by atoms with Gasteiger partial charge in [0.15, 0.2) is 0 Å². The maximum absolute atomic E-state index is 10.6. The van der Waals surface area contributed by atoms with E-state index in [1.807, 2.05) is 20.8 Å². The molecule has 0 spiro atoms. The van der Waals surface area contributed by atoms with Crippen molar-refractivity contribution >= 4 is 5.97 Å². The molecule has 0 saturated heterocycles. The number of carbonyl (C=O) groups excluding carboxylic acids is 1. The lowest BCUT2D eigenvalue weighted by Crippen LogP contribution is -2.39. The van der Waals surface area contributed by atoms with Gasteiger partial charge in [-0.1, -0.05) is 0 Å². The highest BCUT2D eigenvalue weighted by Gasteiger charge is 2.10. The number of nitrogens with one attached hydrogen (secondary N) is 1. The van der Waals surface area contributed by atoms with Crippen LogP contribution in [-0.4, -0.2) is 25.2 Å². The molecule has 0 amide bonds. The van der Waals surface area contributed by atoms with Crippen LogP contribution >= 0.6 is 0 Å². The highest BCUT2D eigenvalue weighted by atomic mass is 16.5. The van der Waals surface area contributed by atoms with Crippen molar-refractivity contribution in [3.05, 3.63) is 0 Å². The summed E-state index contributed by atoms with van der Waals surface area (Å²) in [4.78, 5) is 10.6. The molecule has 0 aromatic rings. The summed E-state index contributed by atoms with van der Waals surface area (Å²) < 4.78 is 4.44. The fourth-order valence-electron chi connectivity index (χ4n) is 0.410. The van der Waals surface area contributed by atoms with Crippen molar-refractivity contribution in [1.29, 1.82) is 0 Å². The summed E-state index contributed by atoms with van der Waals surface area (Å²) in [5.41, 5.74) is -0.0197. The second-order valence-electron chi connectivity index (χ2n) is 3.18. The summed E-state index contributed by atoms with van der Waals surface area (Å²) in [5, 5.41) is 3.00. The Hall–Kier alpha value is -0.570. The van der Waals surface area contributed by atoms with E-state index >= 15 is 0 Å². The lowest BCUT2D eigenvalue weighted by molar-refractivity contribution is -0.139. The van der Waals surface area contributed by atoms with Crippen LogP contribution in [0, 0.1) is 0 Å². The van der Waals surface area contributed by atoms with E-state index in [2.05, 4.69) is 10.1 Å². The van der Waals surface area contributed by atoms with Gasteiger partial charge in [-0.3, -0.25) is 4.79 Å². The Balaban J connectivity index is 3.46. The average Bonchev–Trinajstić information content (AvgIpc) is 1.81. The lowest BCUT2D eigenvalue weighted by atomic mass is 10.1. The van der Waals surface area contributed by atoms with Crippen molar-refractivity contribution in [2.45, 2.75) is 26.3 Å². The first-order chi connectivity index (χ1) is 4.45. The van der Waals surface area contributed by atoms with Gasteiger partial charge in [-0.2, -0.15) is 0 Å². The molecule has 0 fully saturated rings. The summed E-state index contributed by atoms with van der Waals surface area (Å²) in [6.45, 7) is 6.27. The normalized spacial score (nSPS) is 11.2. The van der Waals surface area contributed by atoms with Gasteiger partial charge in [0.25, 0.3) is 0 Å². The third-order valence-corrected chi connectivity index (χ3v) is 0.991. The third kappa shape index (κ3) is 5.56. The minimum absolute atomic E-state index is 0.0197. The summed E-state index contributed by atoms with van der Waals surface area (Å²) in [5.74, 6) is -0.227. The molecule has 3 nitrogen and oxygen atoms in total. The fourth-order valence-corrected chi connectivity index (χ4v) is 0.410. The largest absolute Gasteiger partial charge is 0.468 e. The van der Waals surface area contributed by atoms with Gasteiger partial charge in [-0.25, -0.2) is 0 Å². The van der Waals surface area contributed by atoms with Crippen molar-refractivity contribution < 1.29 is 9.53 Å². The molecular weight excluding hydrogens is 130 g/mol. The molecule has 1 N–H and O–H groups in total. The molecule has 0 aliphatic carbocycles. The molecule has 0 aromatic heterocycles. The number of hydrogen-bond acceptors (Lipinski definition) is 3. The number of esters is 1. The van der Waals surface area contributed by atoms with E-state index in [0.29, 0.717) is 0 Å². The summed E-state index contributed by atoms with van der Waals surface area (Å²) in [7, 11) is 1.38. The predicted octanol–water partition coefficient (Wildman–Crippen LogP) is 0.547. The highest BCUT2D eigenvalue weighted by molar-refractivity contribution is 5.71. The zero-order chi connectivity index (χ0) is 8.20. The number of methoxy groups -OCH3 is 1. The predicted molar refractivity (Wildman–Crippen MR) is 39.8 cm³/mol. The molecular formula is C7H15NO2. The molecule has 0 aliphatic rings. The van der Waals surface area contributed by atoms with Crippen LogP contribution < -0.4 is 5.32 Å². The van der Waals surface area contributed by atoms with E-state index in [4.69, 9.17) is 0 Å². The molecule has 0 bridgehead atoms. The van der Waals surface area contributed by atoms with Crippen LogP contribution in [-0.2, 0) is 9.53 Å². The van der Waals surface area contributed by atoms with Gasteiger partial charge < -0.3 is 10.1 Å². The van der Waals surface area contributed by atoms with Crippen LogP contribution in [0.1, 0.15) is 20.8 Å². The molecule has 60 valence electrons. The molecule has 3 heteroatoms. The monoisotopic (exact) mass is 145 g/mol. The zero-order valence-corrected chi connectivity index (χ0v) is 7.02. The standard InChI is InChI=1S/C7H15NO2/c1-7(2,3)8-5-6(9)10-4/h8H,5H2,1-4H3. The SMILES string of the molecule is COC(=O)CNC(C)(C)C. The Bertz CT molecular complexity index is 115. The number of hydrogen-bond donors (Lipinski definition) is 1. The maximum atomic E-state index is 10.6. The van der Waals surface area contributed by atoms with Gasteiger partial charge in [0.05, 0.1) is 13.7 Å². The first-order valence-corrected chi connectivity index (χ1v) is 3.27. The topological polar surface area (TPSA) is 38.3 Å². The van der Waals surface area contributed by atoms with Crippen LogP contribution in [0.3, 0.4) is 0 Å². The smallest absolute Gasteiger partial charge is 0.319 e. The second-order valence-corrected chi connectivity index (χ2v) is 3.18. The van der Waals surface area contributed by atoms with E-state index in [9.17, 15) is 4.79 Å². The van der Waals surface area contributed by atoms with Crippen molar-refractivity contribution in [1.82, 2.24) is 5.32 Å². The minimum atomic E-state index is -0.227. The fraction of sp³-hybridized carbons (Fsp3) is 0.857. The van der Waals surface area contributed by atoms with Gasteiger partial charge >= 0.3 is 5.97 Å². The number of carbonyl (C=O) groups is 1. The van der Waals surface area contributed by atoms with Crippen molar-refractivity contribution in [3.63, 3.8) is 0 Å². The van der Waals surface area contributed by atoms with Gasteiger partial charge in [0.1, 0.15) is 0 Å². The summed E-state index contributed by atoms with van der Waals surface area (Å²) in [6.07, 6.45) is 0. The van der Waals surface area contributed by atoms with Crippen LogP contribution in [0.15, 0.2) is 0 Å². The maximum Gasteiger partial charge on any atom is 0.319 e. The van der Waals surface area contributed by atoms with Crippen LogP contribution in [0.25, 0.3) is 0 Å². The Morgan fingerprint density at radius 3 is 2.30 bits per heavy atom. The molecule has 10 heavy (non-hydrogen) atoms. The lowest BCUT2D eigenvalue weighted by Gasteiger charge is -2.19. The Morgan fingerprint density at radius 1 is 1.50 bits per heavy atom. The first-order valence-electron chi connectivity index (χ1n) is 3.27. The molecule has 0 aliphatic heterocycles. The zero-order valence-electron chi connectivity index (χ0n) is 7.02. The van der Waals surface area contributed by atoms with E-state index < -0.39 is 0 Å². The number of ether oxygens (including phenoxy) is 1. The summed E-state index contributed by atoms with van der Waals surface area (Å²) in [6, 6.07) is 0. The molecule has 0 rings (SSSR count). The Kier molecular flexibility index (Phi) is 3.36. The Morgan fingerprint density at radius 2 is 2.00 bits per heavy atom. The van der Waals surface area contributed by atoms with Crippen LogP contribution in [0.4, 0.5) is 0 Å². The molecule has 0 heterocycles. The van der Waals surface area contributed by atoms with Crippen molar-refractivity contribution in [2.75, 3.05) is 13.7 Å². The van der Waals surface area contributed by atoms with Gasteiger partial charge in [-0.05, 0) is 20.8 Å². The van der Waals surface area contributed by atoms with Crippen LogP contribution in [0.5, 0.6) is 0 Å². The third-order valence-electron chi connectivity index (χ3n) is 0.991. The average molecular weight is 145 g/mol. The van der Waals surface area contributed by atoms with Crippen LogP contribution in [0.2, 0.25) is 0 Å². The quantitative estimate of drug-likeness (QED) is 0.576. The van der Waals surface area contributed by atoms with E-state index in [-0.39, 0.29) is 18.1 Å². The summed E-state index contributed by atoms with van der Waals surface area (Å²) >= 11 is 0. The Labute approximate surface area is 61.8 Å². The van der Waals surface area contributed by atoms with Gasteiger partial charge in [0, 0.05) is 5.54 Å². The van der Waals surface area contributed by atoms with E-state index in [1.54, 1.807) is 0 Å². The van der Waals surface area contributed by atoms with Crippen molar-refractivity contribution in [2.24, 2.45) is 0 Å². The number of rotatable bonds is 2. The molecule has 0 aromatic carbocycles. The van der Waals surface area contributed by atoms with E-state index in [1.165, 1.54) is 7.11 Å². The molecule has 0 atom stereocenters. The highest BCUT2D eigenvalue weighted by Crippen LogP contribution is 1.96. The minimum Gasteiger partial charge on any atom is -0.468 e. The van der Waals surface area contributed by atoms with Gasteiger partial charge in [0.2, 0.25) is 0 Å². The van der Waals surface area contributed by atoms with E-state index in [0.717, 1.165) is 0 Å². The van der Waals surface area contributed by atoms with Gasteiger partial charge in [-0.15, -0.1) is 0 Å². The van der Waals surface area contributed by atoms with Crippen molar-refractivity contribution in [3.8, 4) is 0 Å².